The molecule has 3 aliphatic heterocycles. The van der Waals surface area contributed by atoms with Gasteiger partial charge in [-0.05, 0) is 36.2 Å². The minimum atomic E-state index is -0.411. The zero-order chi connectivity index (χ0) is 20.8. The largest absolute Gasteiger partial charge is 0.493 e. The first-order valence-electron chi connectivity index (χ1n) is 9.80. The van der Waals surface area contributed by atoms with Gasteiger partial charge in [-0.25, -0.2) is 0 Å². The van der Waals surface area contributed by atoms with E-state index < -0.39 is 6.10 Å². The molecule has 0 aromatic heterocycles. The van der Waals surface area contributed by atoms with Crippen molar-refractivity contribution in [1.29, 1.82) is 0 Å². The highest BCUT2D eigenvalue weighted by molar-refractivity contribution is 6.02. The number of carbonyl (C=O) groups is 1. The molecular formula is C22H23NO7. The Morgan fingerprint density at radius 3 is 2.67 bits per heavy atom. The molecule has 1 N–H and O–H groups in total. The summed E-state index contributed by atoms with van der Waals surface area (Å²) in [5, 5.41) is 3.55. The zero-order valence-corrected chi connectivity index (χ0v) is 17.1. The third-order valence-corrected chi connectivity index (χ3v) is 5.88. The van der Waals surface area contributed by atoms with Crippen LogP contribution in [0.15, 0.2) is 18.2 Å². The summed E-state index contributed by atoms with van der Waals surface area (Å²) >= 11 is 0. The summed E-state index contributed by atoms with van der Waals surface area (Å²) in [5.74, 6) is 2.75. The van der Waals surface area contributed by atoms with Crippen LogP contribution in [-0.4, -0.2) is 47.1 Å². The van der Waals surface area contributed by atoms with Crippen LogP contribution in [0.1, 0.15) is 39.2 Å². The molecule has 0 unspecified atom stereocenters. The second kappa shape index (κ2) is 7.37. The molecule has 3 heterocycles. The highest BCUT2D eigenvalue weighted by atomic mass is 16.7. The highest BCUT2D eigenvalue weighted by Gasteiger charge is 2.41. The number of nitrogens with one attached hydrogen (secondary N) is 1. The van der Waals surface area contributed by atoms with Crippen molar-refractivity contribution in [3.63, 3.8) is 0 Å². The smallest absolute Gasteiger partial charge is 0.231 e. The number of benzene rings is 2. The predicted molar refractivity (Wildman–Crippen MR) is 106 cm³/mol. The minimum Gasteiger partial charge on any atom is -0.493 e. The lowest BCUT2D eigenvalue weighted by atomic mass is 9.84. The first-order chi connectivity index (χ1) is 14.7. The molecule has 8 nitrogen and oxygen atoms in total. The Hall–Kier alpha value is -2.97. The predicted octanol–water partition coefficient (Wildman–Crippen LogP) is 2.58. The van der Waals surface area contributed by atoms with Gasteiger partial charge in [-0.15, -0.1) is 0 Å². The van der Waals surface area contributed by atoms with Crippen molar-refractivity contribution in [3.05, 3.63) is 40.5 Å². The first kappa shape index (κ1) is 19.0. The van der Waals surface area contributed by atoms with Gasteiger partial charge in [0, 0.05) is 5.56 Å². The number of Topliss-reactive ketones (excluding diaryl/α,β-unsaturated/α-hetero) is 1. The molecule has 2 aromatic carbocycles. The van der Waals surface area contributed by atoms with E-state index in [-0.39, 0.29) is 25.2 Å². The molecule has 2 atom stereocenters. The molecule has 0 amide bonds. The van der Waals surface area contributed by atoms with E-state index in [1.165, 1.54) is 7.11 Å². The van der Waals surface area contributed by atoms with Gasteiger partial charge in [0.25, 0.3) is 0 Å². The Morgan fingerprint density at radius 1 is 1.07 bits per heavy atom. The molecule has 30 heavy (non-hydrogen) atoms. The van der Waals surface area contributed by atoms with E-state index >= 15 is 0 Å². The fourth-order valence-electron chi connectivity index (χ4n) is 4.62. The number of rotatable bonds is 4. The van der Waals surface area contributed by atoms with Crippen LogP contribution in [0, 0.1) is 0 Å². The van der Waals surface area contributed by atoms with Crippen molar-refractivity contribution in [2.75, 3.05) is 41.3 Å². The van der Waals surface area contributed by atoms with E-state index in [2.05, 4.69) is 5.32 Å². The molecule has 0 aliphatic carbocycles. The molecule has 0 saturated heterocycles. The summed E-state index contributed by atoms with van der Waals surface area (Å²) in [6, 6.07) is 5.45. The van der Waals surface area contributed by atoms with Crippen LogP contribution in [0.4, 0.5) is 0 Å². The Kier molecular flexibility index (Phi) is 4.67. The van der Waals surface area contributed by atoms with Crippen molar-refractivity contribution in [2.24, 2.45) is 0 Å². The lowest BCUT2D eigenvalue weighted by Gasteiger charge is -2.37. The second-order valence-corrected chi connectivity index (χ2v) is 7.32. The number of carbonyl (C=O) groups excluding carboxylic acids is 1. The Morgan fingerprint density at radius 2 is 1.90 bits per heavy atom. The van der Waals surface area contributed by atoms with Crippen molar-refractivity contribution in [1.82, 2.24) is 5.32 Å². The average Bonchev–Trinajstić information content (AvgIpc) is 3.24. The van der Waals surface area contributed by atoms with Crippen LogP contribution in [0.3, 0.4) is 0 Å². The molecular weight excluding hydrogens is 390 g/mol. The molecule has 3 aliphatic rings. The maximum Gasteiger partial charge on any atom is 0.231 e. The number of hydrogen-bond acceptors (Lipinski definition) is 8. The SMILES string of the molecule is COc1ccc2c(c1OC)C(=O)CO[C@H]2[C@H]1NCCc2cc3c(c(OC)c21)OCO3. The van der Waals surface area contributed by atoms with E-state index in [1.54, 1.807) is 20.3 Å². The minimum absolute atomic E-state index is 0.0401. The molecule has 0 spiro atoms. The van der Waals surface area contributed by atoms with Crippen molar-refractivity contribution < 1.29 is 33.2 Å². The molecule has 2 aromatic rings. The maximum absolute atomic E-state index is 12.7. The Balaban J connectivity index is 1.66. The van der Waals surface area contributed by atoms with Gasteiger partial charge < -0.3 is 33.7 Å². The van der Waals surface area contributed by atoms with E-state index in [1.807, 2.05) is 12.1 Å². The van der Waals surface area contributed by atoms with Crippen molar-refractivity contribution in [3.8, 4) is 28.7 Å². The highest BCUT2D eigenvalue weighted by Crippen LogP contribution is 2.52. The van der Waals surface area contributed by atoms with Gasteiger partial charge >= 0.3 is 0 Å². The molecule has 158 valence electrons. The number of hydrogen-bond donors (Lipinski definition) is 1. The summed E-state index contributed by atoms with van der Waals surface area (Å²) in [6.45, 7) is 0.888. The molecule has 0 saturated carbocycles. The first-order valence-corrected chi connectivity index (χ1v) is 9.80. The fraction of sp³-hybridized carbons (Fsp3) is 0.409. The van der Waals surface area contributed by atoms with Crippen molar-refractivity contribution in [2.45, 2.75) is 18.6 Å². The van der Waals surface area contributed by atoms with Gasteiger partial charge in [-0.3, -0.25) is 4.79 Å². The van der Waals surface area contributed by atoms with Gasteiger partial charge in [0.05, 0.1) is 32.9 Å². The summed E-state index contributed by atoms with van der Waals surface area (Å²) in [4.78, 5) is 12.7. The summed E-state index contributed by atoms with van der Waals surface area (Å²) in [7, 11) is 4.71. The zero-order valence-electron chi connectivity index (χ0n) is 17.1. The number of methoxy groups -OCH3 is 3. The van der Waals surface area contributed by atoms with Gasteiger partial charge in [-0.2, -0.15) is 0 Å². The summed E-state index contributed by atoms with van der Waals surface area (Å²) in [5.41, 5.74) is 3.34. The number of ketones is 1. The monoisotopic (exact) mass is 413 g/mol. The third kappa shape index (κ3) is 2.71. The van der Waals surface area contributed by atoms with Crippen LogP contribution in [0.2, 0.25) is 0 Å². The third-order valence-electron chi connectivity index (χ3n) is 5.88. The lowest BCUT2D eigenvalue weighted by molar-refractivity contribution is 0.0145. The topological polar surface area (TPSA) is 84.5 Å². The standard InChI is InChI=1S/C22H23NO7/c1-25-14-5-4-12-17(20(14)26-2)13(24)9-28-19(12)18-16-11(6-7-23-18)8-15-21(22(16)27-3)30-10-29-15/h4-5,8,18-19,23H,6-7,9-10H2,1-3H3/t18-,19+/m0/s1. The number of fused-ring (bicyclic) bond motifs is 3. The molecule has 8 heteroatoms. The fourth-order valence-corrected chi connectivity index (χ4v) is 4.62. The van der Waals surface area contributed by atoms with Crippen LogP contribution in [-0.2, 0) is 11.2 Å². The van der Waals surface area contributed by atoms with Crippen molar-refractivity contribution >= 4 is 5.78 Å². The molecule has 0 bridgehead atoms. The normalized spacial score (nSPS) is 21.6. The quantitative estimate of drug-likeness (QED) is 0.819. The van der Waals surface area contributed by atoms with Crippen LogP contribution in [0.5, 0.6) is 28.7 Å². The lowest BCUT2D eigenvalue weighted by Crippen LogP contribution is -2.38. The molecule has 5 rings (SSSR count). The Labute approximate surface area is 174 Å². The summed E-state index contributed by atoms with van der Waals surface area (Å²) < 4.78 is 34.0. The van der Waals surface area contributed by atoms with Crippen LogP contribution < -0.4 is 29.0 Å². The second-order valence-electron chi connectivity index (χ2n) is 7.32. The van der Waals surface area contributed by atoms with Crippen LogP contribution >= 0.6 is 0 Å². The molecule has 0 radical (unpaired) electrons. The van der Waals surface area contributed by atoms with Gasteiger partial charge in [0.2, 0.25) is 12.5 Å². The van der Waals surface area contributed by atoms with Gasteiger partial charge in [-0.1, -0.05) is 6.07 Å². The van der Waals surface area contributed by atoms with Gasteiger partial charge in [0.1, 0.15) is 12.7 Å². The van der Waals surface area contributed by atoms with E-state index in [0.717, 1.165) is 29.7 Å². The van der Waals surface area contributed by atoms with E-state index in [4.69, 9.17) is 28.4 Å². The van der Waals surface area contributed by atoms with E-state index in [0.29, 0.717) is 34.3 Å². The van der Waals surface area contributed by atoms with Gasteiger partial charge in [0.15, 0.2) is 28.8 Å². The summed E-state index contributed by atoms with van der Waals surface area (Å²) in [6.07, 6.45) is 0.411. The number of ether oxygens (including phenoxy) is 6. The average molecular weight is 413 g/mol. The molecule has 0 fully saturated rings. The Bertz CT molecular complexity index is 1020. The van der Waals surface area contributed by atoms with Crippen LogP contribution in [0.25, 0.3) is 0 Å². The van der Waals surface area contributed by atoms with E-state index in [9.17, 15) is 4.79 Å². The maximum atomic E-state index is 12.7.